The number of benzene rings is 2. The lowest BCUT2D eigenvalue weighted by atomic mass is 10.1. The first-order chi connectivity index (χ1) is 16.4. The Labute approximate surface area is 199 Å². The summed E-state index contributed by atoms with van der Waals surface area (Å²) in [7, 11) is 0. The number of carbonyl (C=O) groups is 3. The van der Waals surface area contributed by atoms with Gasteiger partial charge in [-0.25, -0.2) is 0 Å². The SMILES string of the molecule is Cc1ccc(NC(=O)CCCCCCCCCCN2C(=O)c3ccccc3C2=O)cc1[N+](=O)[O-]. The summed E-state index contributed by atoms with van der Waals surface area (Å²) >= 11 is 0. The molecule has 0 radical (unpaired) electrons. The molecular weight excluding hydrogens is 434 g/mol. The van der Waals surface area contributed by atoms with E-state index in [0.29, 0.717) is 35.3 Å². The Morgan fingerprint density at radius 2 is 1.44 bits per heavy atom. The van der Waals surface area contributed by atoms with E-state index in [1.54, 1.807) is 43.3 Å². The Bertz CT molecular complexity index is 1030. The summed E-state index contributed by atoms with van der Waals surface area (Å²) < 4.78 is 0. The van der Waals surface area contributed by atoms with Crippen LogP contribution in [0.15, 0.2) is 42.5 Å². The van der Waals surface area contributed by atoms with E-state index in [0.717, 1.165) is 51.4 Å². The quantitative estimate of drug-likeness (QED) is 0.178. The minimum Gasteiger partial charge on any atom is -0.326 e. The van der Waals surface area contributed by atoms with Crippen molar-refractivity contribution in [1.29, 1.82) is 0 Å². The van der Waals surface area contributed by atoms with Crippen molar-refractivity contribution in [1.82, 2.24) is 4.90 Å². The lowest BCUT2D eigenvalue weighted by molar-refractivity contribution is -0.385. The van der Waals surface area contributed by atoms with E-state index in [1.165, 1.54) is 11.0 Å². The van der Waals surface area contributed by atoms with Crippen molar-refractivity contribution in [2.75, 3.05) is 11.9 Å². The molecule has 3 amide bonds. The van der Waals surface area contributed by atoms with E-state index in [2.05, 4.69) is 5.32 Å². The molecule has 0 aliphatic carbocycles. The highest BCUT2D eigenvalue weighted by Crippen LogP contribution is 2.24. The number of hydrogen-bond donors (Lipinski definition) is 1. The zero-order valence-electron chi connectivity index (χ0n) is 19.5. The van der Waals surface area contributed by atoms with Crippen LogP contribution in [0.25, 0.3) is 0 Å². The number of imide groups is 1. The third-order valence-electron chi connectivity index (χ3n) is 6.10. The molecule has 0 saturated carbocycles. The topological polar surface area (TPSA) is 110 Å². The number of anilines is 1. The second kappa shape index (κ2) is 12.1. The van der Waals surface area contributed by atoms with Gasteiger partial charge in [-0.2, -0.15) is 0 Å². The van der Waals surface area contributed by atoms with Crippen molar-refractivity contribution in [2.45, 2.75) is 64.7 Å². The summed E-state index contributed by atoms with van der Waals surface area (Å²) in [6, 6.07) is 11.7. The molecule has 1 aliphatic rings. The van der Waals surface area contributed by atoms with E-state index in [1.807, 2.05) is 0 Å². The first-order valence-corrected chi connectivity index (χ1v) is 11.9. The predicted molar refractivity (Wildman–Crippen MR) is 130 cm³/mol. The Morgan fingerprint density at radius 1 is 0.882 bits per heavy atom. The number of amides is 3. The smallest absolute Gasteiger partial charge is 0.274 e. The van der Waals surface area contributed by atoms with Crippen LogP contribution in [0.5, 0.6) is 0 Å². The van der Waals surface area contributed by atoms with Gasteiger partial charge in [-0.1, -0.05) is 56.7 Å². The Hall–Kier alpha value is -3.55. The van der Waals surface area contributed by atoms with Crippen LogP contribution in [0.2, 0.25) is 0 Å². The van der Waals surface area contributed by atoms with E-state index in [9.17, 15) is 24.5 Å². The zero-order chi connectivity index (χ0) is 24.5. The van der Waals surface area contributed by atoms with Gasteiger partial charge in [0.2, 0.25) is 5.91 Å². The molecule has 1 N–H and O–H groups in total. The minimum absolute atomic E-state index is 0.00141. The van der Waals surface area contributed by atoms with Gasteiger partial charge in [-0.15, -0.1) is 0 Å². The van der Waals surface area contributed by atoms with Gasteiger partial charge in [0.15, 0.2) is 0 Å². The van der Waals surface area contributed by atoms with Crippen molar-refractivity contribution in [3.63, 3.8) is 0 Å². The summed E-state index contributed by atoms with van der Waals surface area (Å²) in [5.41, 5.74) is 2.01. The molecule has 2 aromatic carbocycles. The second-order valence-corrected chi connectivity index (χ2v) is 8.69. The monoisotopic (exact) mass is 465 g/mol. The van der Waals surface area contributed by atoms with Crippen molar-refractivity contribution in [2.24, 2.45) is 0 Å². The van der Waals surface area contributed by atoms with Gasteiger partial charge in [0.1, 0.15) is 0 Å². The largest absolute Gasteiger partial charge is 0.326 e. The number of unbranched alkanes of at least 4 members (excludes halogenated alkanes) is 7. The molecule has 0 saturated heterocycles. The Balaban J connectivity index is 1.21. The first-order valence-electron chi connectivity index (χ1n) is 11.9. The van der Waals surface area contributed by atoms with Gasteiger partial charge in [0, 0.05) is 30.3 Å². The number of aryl methyl sites for hydroxylation is 1. The fourth-order valence-electron chi connectivity index (χ4n) is 4.17. The lowest BCUT2D eigenvalue weighted by Gasteiger charge is -2.13. The molecule has 0 aromatic heterocycles. The lowest BCUT2D eigenvalue weighted by Crippen LogP contribution is -2.30. The third-order valence-corrected chi connectivity index (χ3v) is 6.10. The number of nitrogens with zero attached hydrogens (tertiary/aromatic N) is 2. The van der Waals surface area contributed by atoms with Crippen LogP contribution < -0.4 is 5.32 Å². The standard InChI is InChI=1S/C26H31N3O5/c1-19-15-16-20(18-23(19)29(33)34)27-24(30)14-8-6-4-2-3-5-7-11-17-28-25(31)21-12-9-10-13-22(21)26(28)32/h9-10,12-13,15-16,18H,2-8,11,14,17H2,1H3,(H,27,30). The highest BCUT2D eigenvalue weighted by Gasteiger charge is 2.34. The average molecular weight is 466 g/mol. The Morgan fingerprint density at radius 3 is 2.03 bits per heavy atom. The maximum Gasteiger partial charge on any atom is 0.274 e. The van der Waals surface area contributed by atoms with Crippen LogP contribution in [-0.4, -0.2) is 34.1 Å². The zero-order valence-corrected chi connectivity index (χ0v) is 19.5. The number of rotatable bonds is 13. The number of fused-ring (bicyclic) bond motifs is 1. The molecule has 0 atom stereocenters. The van der Waals surface area contributed by atoms with Crippen molar-refractivity contribution < 1.29 is 19.3 Å². The van der Waals surface area contributed by atoms with Gasteiger partial charge in [-0.3, -0.25) is 29.4 Å². The summed E-state index contributed by atoms with van der Waals surface area (Å²) in [5, 5.41) is 13.7. The molecule has 0 unspecified atom stereocenters. The molecule has 8 heteroatoms. The van der Waals surface area contributed by atoms with E-state index < -0.39 is 4.92 Å². The molecule has 1 heterocycles. The van der Waals surface area contributed by atoms with Gasteiger partial charge >= 0.3 is 0 Å². The molecular formula is C26H31N3O5. The van der Waals surface area contributed by atoms with Crippen molar-refractivity contribution in [3.05, 3.63) is 69.3 Å². The highest BCUT2D eigenvalue weighted by molar-refractivity contribution is 6.21. The normalized spacial score (nSPS) is 12.7. The van der Waals surface area contributed by atoms with Crippen LogP contribution >= 0.6 is 0 Å². The van der Waals surface area contributed by atoms with Gasteiger partial charge in [-0.05, 0) is 38.0 Å². The van der Waals surface area contributed by atoms with E-state index in [4.69, 9.17) is 0 Å². The first kappa shape index (κ1) is 25.1. The second-order valence-electron chi connectivity index (χ2n) is 8.69. The Kier molecular flexibility index (Phi) is 8.90. The summed E-state index contributed by atoms with van der Waals surface area (Å²) in [4.78, 5) is 48.6. The van der Waals surface area contributed by atoms with Crippen LogP contribution in [0, 0.1) is 17.0 Å². The predicted octanol–water partition coefficient (Wildman–Crippen LogP) is 5.65. The van der Waals surface area contributed by atoms with Gasteiger partial charge in [0.25, 0.3) is 17.5 Å². The number of carbonyl (C=O) groups excluding carboxylic acids is 3. The maximum atomic E-state index is 12.3. The molecule has 0 fully saturated rings. The van der Waals surface area contributed by atoms with Gasteiger partial charge < -0.3 is 5.32 Å². The van der Waals surface area contributed by atoms with Crippen LogP contribution in [0.4, 0.5) is 11.4 Å². The highest BCUT2D eigenvalue weighted by atomic mass is 16.6. The molecule has 2 aromatic rings. The summed E-state index contributed by atoms with van der Waals surface area (Å²) in [6.07, 6.45) is 8.16. The molecule has 3 rings (SSSR count). The molecule has 34 heavy (non-hydrogen) atoms. The third kappa shape index (κ3) is 6.50. The average Bonchev–Trinajstić information content (AvgIpc) is 3.06. The molecule has 1 aliphatic heterocycles. The maximum absolute atomic E-state index is 12.3. The van der Waals surface area contributed by atoms with E-state index >= 15 is 0 Å². The number of nitrogens with one attached hydrogen (secondary N) is 1. The summed E-state index contributed by atoms with van der Waals surface area (Å²) in [5.74, 6) is -0.512. The number of nitro groups is 1. The molecule has 0 spiro atoms. The fraction of sp³-hybridized carbons (Fsp3) is 0.423. The fourth-order valence-corrected chi connectivity index (χ4v) is 4.17. The van der Waals surface area contributed by atoms with Crippen LogP contribution in [-0.2, 0) is 4.79 Å². The van der Waals surface area contributed by atoms with Crippen LogP contribution in [0.1, 0.15) is 84.1 Å². The summed E-state index contributed by atoms with van der Waals surface area (Å²) in [6.45, 7) is 2.13. The molecule has 180 valence electrons. The van der Waals surface area contributed by atoms with Gasteiger partial charge in [0.05, 0.1) is 16.1 Å². The minimum atomic E-state index is -0.449. The molecule has 8 nitrogen and oxygen atoms in total. The number of hydrogen-bond acceptors (Lipinski definition) is 5. The van der Waals surface area contributed by atoms with Crippen molar-refractivity contribution >= 4 is 29.1 Å². The molecule has 0 bridgehead atoms. The van der Waals surface area contributed by atoms with E-state index in [-0.39, 0.29) is 23.4 Å². The number of nitro benzene ring substituents is 1. The van der Waals surface area contributed by atoms with Crippen LogP contribution in [0.3, 0.4) is 0 Å². The van der Waals surface area contributed by atoms with Crippen molar-refractivity contribution in [3.8, 4) is 0 Å².